The summed E-state index contributed by atoms with van der Waals surface area (Å²) in [5.74, 6) is 0.799. The molecule has 1 unspecified atom stereocenters. The van der Waals surface area contributed by atoms with Gasteiger partial charge in [-0.05, 0) is 45.0 Å². The van der Waals surface area contributed by atoms with Crippen LogP contribution in [0.2, 0.25) is 0 Å². The molecule has 7 heteroatoms. The van der Waals surface area contributed by atoms with Crippen LogP contribution in [0, 0.1) is 5.92 Å². The fraction of sp³-hybridized carbons (Fsp3) is 0.579. The third-order valence-corrected chi connectivity index (χ3v) is 4.38. The van der Waals surface area contributed by atoms with Crippen molar-refractivity contribution in [1.82, 2.24) is 15.5 Å². The van der Waals surface area contributed by atoms with Crippen molar-refractivity contribution in [3.63, 3.8) is 0 Å². The standard InChI is InChI=1S/C19H29N3O3.ClH/c1-20-11-6-12-21-19(24)16-7-5-13-22(15-16)18(23)10-14-25-17-8-3-2-4-9-17;/h2-4,8-9,16,20H,5-7,10-15H2,1H3,(H,21,24);1H. The van der Waals surface area contributed by atoms with Crippen LogP contribution in [0.5, 0.6) is 5.75 Å². The first-order valence-corrected chi connectivity index (χ1v) is 9.08. The van der Waals surface area contributed by atoms with E-state index in [1.165, 1.54) is 0 Å². The summed E-state index contributed by atoms with van der Waals surface area (Å²) in [7, 11) is 1.90. The number of para-hydroxylation sites is 1. The van der Waals surface area contributed by atoms with Crippen molar-refractivity contribution in [3.8, 4) is 5.75 Å². The molecule has 1 aliphatic heterocycles. The number of benzene rings is 1. The zero-order valence-corrected chi connectivity index (χ0v) is 16.2. The molecule has 1 aromatic rings. The fourth-order valence-corrected chi connectivity index (χ4v) is 2.97. The molecular formula is C19H30ClN3O3. The molecule has 26 heavy (non-hydrogen) atoms. The summed E-state index contributed by atoms with van der Waals surface area (Å²) < 4.78 is 5.59. The second-order valence-corrected chi connectivity index (χ2v) is 6.34. The summed E-state index contributed by atoms with van der Waals surface area (Å²) >= 11 is 0. The summed E-state index contributed by atoms with van der Waals surface area (Å²) in [6, 6.07) is 9.48. The van der Waals surface area contributed by atoms with Gasteiger partial charge in [0.25, 0.3) is 0 Å². The van der Waals surface area contributed by atoms with E-state index in [1.54, 1.807) is 4.90 Å². The van der Waals surface area contributed by atoms with Crippen LogP contribution >= 0.6 is 12.4 Å². The first-order valence-electron chi connectivity index (χ1n) is 9.08. The van der Waals surface area contributed by atoms with Gasteiger partial charge in [-0.25, -0.2) is 0 Å². The van der Waals surface area contributed by atoms with E-state index in [0.29, 0.717) is 26.1 Å². The number of likely N-dealkylation sites (tertiary alicyclic amines) is 1. The normalized spacial score (nSPS) is 16.5. The highest BCUT2D eigenvalue weighted by Gasteiger charge is 2.27. The average Bonchev–Trinajstić information content (AvgIpc) is 2.66. The Balaban J connectivity index is 0.00000338. The van der Waals surface area contributed by atoms with Crippen molar-refractivity contribution < 1.29 is 14.3 Å². The maximum absolute atomic E-state index is 12.4. The van der Waals surface area contributed by atoms with Crippen LogP contribution in [-0.4, -0.2) is 56.5 Å². The maximum atomic E-state index is 12.4. The van der Waals surface area contributed by atoms with E-state index in [1.807, 2.05) is 37.4 Å². The predicted molar refractivity (Wildman–Crippen MR) is 105 cm³/mol. The zero-order valence-electron chi connectivity index (χ0n) is 15.4. The molecule has 1 saturated heterocycles. The van der Waals surface area contributed by atoms with Crippen LogP contribution in [-0.2, 0) is 9.59 Å². The van der Waals surface area contributed by atoms with Crippen molar-refractivity contribution in [2.75, 3.05) is 39.8 Å². The molecule has 0 saturated carbocycles. The number of amides is 2. The third-order valence-electron chi connectivity index (χ3n) is 4.38. The second-order valence-electron chi connectivity index (χ2n) is 6.34. The smallest absolute Gasteiger partial charge is 0.226 e. The van der Waals surface area contributed by atoms with Gasteiger partial charge < -0.3 is 20.3 Å². The first kappa shape index (κ1) is 22.3. The quantitative estimate of drug-likeness (QED) is 0.638. The minimum absolute atomic E-state index is 0. The lowest BCUT2D eigenvalue weighted by molar-refractivity contribution is -0.136. The lowest BCUT2D eigenvalue weighted by atomic mass is 9.97. The molecule has 2 rings (SSSR count). The Bertz CT molecular complexity index is 542. The molecule has 1 fully saturated rings. The molecule has 1 atom stereocenters. The molecule has 0 radical (unpaired) electrons. The Hall–Kier alpha value is -1.79. The highest BCUT2D eigenvalue weighted by atomic mass is 35.5. The summed E-state index contributed by atoms with van der Waals surface area (Å²) in [6.45, 7) is 3.17. The zero-order chi connectivity index (χ0) is 17.9. The van der Waals surface area contributed by atoms with Crippen molar-refractivity contribution >= 4 is 24.2 Å². The van der Waals surface area contributed by atoms with Crippen LogP contribution in [0.1, 0.15) is 25.7 Å². The van der Waals surface area contributed by atoms with Gasteiger partial charge in [0.05, 0.1) is 18.9 Å². The molecule has 2 N–H and O–H groups in total. The van der Waals surface area contributed by atoms with E-state index in [9.17, 15) is 9.59 Å². The minimum Gasteiger partial charge on any atom is -0.493 e. The first-order chi connectivity index (χ1) is 12.2. The van der Waals surface area contributed by atoms with Gasteiger partial charge >= 0.3 is 0 Å². The highest BCUT2D eigenvalue weighted by Crippen LogP contribution is 2.17. The molecule has 146 valence electrons. The molecule has 6 nitrogen and oxygen atoms in total. The van der Waals surface area contributed by atoms with Gasteiger partial charge in [-0.2, -0.15) is 0 Å². The number of hydrogen-bond donors (Lipinski definition) is 2. The number of rotatable bonds is 9. The summed E-state index contributed by atoms with van der Waals surface area (Å²) in [4.78, 5) is 26.4. The van der Waals surface area contributed by atoms with Gasteiger partial charge in [0, 0.05) is 19.6 Å². The number of halogens is 1. The number of nitrogens with zero attached hydrogens (tertiary/aromatic N) is 1. The van der Waals surface area contributed by atoms with E-state index >= 15 is 0 Å². The molecule has 1 aliphatic rings. The Morgan fingerprint density at radius 1 is 1.23 bits per heavy atom. The van der Waals surface area contributed by atoms with Crippen molar-refractivity contribution in [1.29, 1.82) is 0 Å². The minimum atomic E-state index is -0.0951. The fourth-order valence-electron chi connectivity index (χ4n) is 2.97. The van der Waals surface area contributed by atoms with Crippen LogP contribution in [0.4, 0.5) is 0 Å². The van der Waals surface area contributed by atoms with Gasteiger partial charge in [0.15, 0.2) is 0 Å². The van der Waals surface area contributed by atoms with Gasteiger partial charge in [0.2, 0.25) is 11.8 Å². The monoisotopic (exact) mass is 383 g/mol. The number of ether oxygens (including phenoxy) is 1. The van der Waals surface area contributed by atoms with Crippen molar-refractivity contribution in [3.05, 3.63) is 30.3 Å². The van der Waals surface area contributed by atoms with Gasteiger partial charge in [-0.3, -0.25) is 9.59 Å². The predicted octanol–water partition coefficient (Wildman–Crippen LogP) is 1.84. The number of piperidine rings is 1. The van der Waals surface area contributed by atoms with Gasteiger partial charge in [-0.1, -0.05) is 18.2 Å². The Labute approximate surface area is 162 Å². The van der Waals surface area contributed by atoms with E-state index in [0.717, 1.165) is 38.1 Å². The molecule has 0 aliphatic carbocycles. The van der Waals surface area contributed by atoms with Gasteiger partial charge in [-0.15, -0.1) is 12.4 Å². The summed E-state index contributed by atoms with van der Waals surface area (Å²) in [5.41, 5.74) is 0. The number of carbonyl (C=O) groups excluding carboxylic acids is 2. The van der Waals surface area contributed by atoms with E-state index < -0.39 is 0 Å². The average molecular weight is 384 g/mol. The molecule has 1 heterocycles. The molecular weight excluding hydrogens is 354 g/mol. The van der Waals surface area contributed by atoms with Crippen molar-refractivity contribution in [2.24, 2.45) is 5.92 Å². The van der Waals surface area contributed by atoms with E-state index in [2.05, 4.69) is 10.6 Å². The van der Waals surface area contributed by atoms with Crippen LogP contribution in [0.25, 0.3) is 0 Å². The van der Waals surface area contributed by atoms with Crippen LogP contribution < -0.4 is 15.4 Å². The van der Waals surface area contributed by atoms with Crippen LogP contribution in [0.15, 0.2) is 30.3 Å². The highest BCUT2D eigenvalue weighted by molar-refractivity contribution is 5.85. The van der Waals surface area contributed by atoms with Crippen LogP contribution in [0.3, 0.4) is 0 Å². The Kier molecular flexibility index (Phi) is 10.7. The molecule has 2 amide bonds. The Morgan fingerprint density at radius 3 is 2.73 bits per heavy atom. The third kappa shape index (κ3) is 7.62. The SMILES string of the molecule is CNCCCNC(=O)C1CCCN(C(=O)CCOc2ccccc2)C1.Cl. The van der Waals surface area contributed by atoms with E-state index in [-0.39, 0.29) is 30.1 Å². The Morgan fingerprint density at radius 2 is 2.00 bits per heavy atom. The molecule has 1 aromatic carbocycles. The second kappa shape index (κ2) is 12.5. The largest absolute Gasteiger partial charge is 0.493 e. The number of carbonyl (C=O) groups is 2. The maximum Gasteiger partial charge on any atom is 0.226 e. The lowest BCUT2D eigenvalue weighted by Crippen LogP contribution is -2.46. The lowest BCUT2D eigenvalue weighted by Gasteiger charge is -2.32. The molecule has 0 spiro atoms. The number of hydrogen-bond acceptors (Lipinski definition) is 4. The summed E-state index contributed by atoms with van der Waals surface area (Å²) in [5, 5.41) is 6.03. The molecule has 0 bridgehead atoms. The van der Waals surface area contributed by atoms with Crippen molar-refractivity contribution in [2.45, 2.75) is 25.7 Å². The van der Waals surface area contributed by atoms with Gasteiger partial charge in [0.1, 0.15) is 5.75 Å². The summed E-state index contributed by atoms with van der Waals surface area (Å²) in [6.07, 6.45) is 2.97. The molecule has 0 aromatic heterocycles. The number of nitrogens with one attached hydrogen (secondary N) is 2. The van der Waals surface area contributed by atoms with E-state index in [4.69, 9.17) is 4.74 Å². The topological polar surface area (TPSA) is 70.7 Å².